The van der Waals surface area contributed by atoms with E-state index in [0.717, 1.165) is 39.6 Å². The predicted octanol–water partition coefficient (Wildman–Crippen LogP) is 15.4. The van der Waals surface area contributed by atoms with E-state index in [4.69, 9.17) is 49.2 Å². The zero-order valence-electron chi connectivity index (χ0n) is 66.7. The number of nitrogens with zero attached hydrogens (tertiary/aromatic N) is 4. The van der Waals surface area contributed by atoms with Crippen LogP contribution in [0, 0.1) is 5.82 Å². The fraction of sp³-hybridized carbons (Fsp3) is 0.152. The number of amides is 1. The minimum absolute atomic E-state index is 0.00665. The molecular weight excluding hydrogens is 1630 g/mol. The summed E-state index contributed by atoms with van der Waals surface area (Å²) in [4.78, 5) is 70.1. The molecule has 0 aliphatic heterocycles. The van der Waals surface area contributed by atoms with E-state index in [2.05, 4.69) is 0 Å². The van der Waals surface area contributed by atoms with Crippen molar-refractivity contribution in [2.75, 3.05) is 35.5 Å². The number of aliphatic carboxylic acids is 1. The Morgan fingerprint density at radius 1 is 0.287 bits per heavy atom. The lowest BCUT2D eigenvalue weighted by Crippen LogP contribution is -2.30. The number of aromatic carboxylic acids is 4. The lowest BCUT2D eigenvalue weighted by Gasteiger charge is -2.24. The molecule has 0 saturated carbocycles. The molecule has 12 aromatic carbocycles. The summed E-state index contributed by atoms with van der Waals surface area (Å²) >= 11 is 0. The standard InChI is InChI=1S/C24H24FNO7S.C23H23NO5S.C23H21NO4.C22H19NO6S/c1-31-19-8-4-16(5-9-19)14-26(15-18-12-23(33-3)21(25)13-22(18)32-2)34(29,30)20-10-6-17(7-11-20)24(27)28;1-29-21-11-7-20(8-12-21)17-24(16-19-5-3-2-4-6-19)30(27,28)22-13-9-18(10-14-22)15-23(25)26;1-28-21-13-7-18(8-14-21)16-24(15-17-5-3-2-4-6-17)22(25)19-9-11-20(12-10-19)23(26)27;24-21(25)18-8-6-17(7-9-18)15-23(14-16-4-2-1-3-5-16)30(28,29)20-12-10-19(11-13-20)22(26)27/h4-13H,14-15H2,1-3H3,(H,27,28);2-14H,15-17H2,1H3,(H,25,26);2-14H,15-16H2,1H3,(H,26,27);1-13H,14-15H2,(H,24,25)(H,26,27). The second-order valence-electron chi connectivity index (χ2n) is 27.0. The molecule has 30 heteroatoms. The summed E-state index contributed by atoms with van der Waals surface area (Å²) in [6.45, 7) is 1.24. The molecule has 632 valence electrons. The molecule has 122 heavy (non-hydrogen) atoms. The quantitative estimate of drug-likeness (QED) is 0.0250. The van der Waals surface area contributed by atoms with E-state index in [1.807, 2.05) is 127 Å². The van der Waals surface area contributed by atoms with E-state index >= 15 is 0 Å². The third-order valence-electron chi connectivity index (χ3n) is 18.7. The van der Waals surface area contributed by atoms with E-state index in [0.29, 0.717) is 52.4 Å². The van der Waals surface area contributed by atoms with Gasteiger partial charge < -0.3 is 54.1 Å². The second-order valence-corrected chi connectivity index (χ2v) is 32.9. The van der Waals surface area contributed by atoms with Crippen LogP contribution in [0.3, 0.4) is 0 Å². The van der Waals surface area contributed by atoms with Crippen LogP contribution in [-0.2, 0) is 93.6 Å². The minimum Gasteiger partial charge on any atom is -0.497 e. The number of methoxy groups -OCH3 is 5. The molecule has 0 bridgehead atoms. The van der Waals surface area contributed by atoms with Crippen LogP contribution in [0.25, 0.3) is 0 Å². The minimum atomic E-state index is -4.09. The summed E-state index contributed by atoms with van der Waals surface area (Å²) in [6, 6.07) is 80.4. The third-order valence-corrected chi connectivity index (χ3v) is 24.1. The van der Waals surface area contributed by atoms with Crippen molar-refractivity contribution in [2.24, 2.45) is 0 Å². The van der Waals surface area contributed by atoms with Crippen molar-refractivity contribution in [1.82, 2.24) is 17.8 Å². The summed E-state index contributed by atoms with van der Waals surface area (Å²) in [6.07, 6.45) is -0.153. The van der Waals surface area contributed by atoms with Crippen LogP contribution in [0.1, 0.15) is 102 Å². The van der Waals surface area contributed by atoms with Gasteiger partial charge in [-0.2, -0.15) is 12.9 Å². The number of carboxylic acids is 5. The highest BCUT2D eigenvalue weighted by Gasteiger charge is 2.30. The maximum Gasteiger partial charge on any atom is 0.335 e. The van der Waals surface area contributed by atoms with Gasteiger partial charge >= 0.3 is 29.8 Å². The number of benzene rings is 12. The number of ether oxygens (including phenoxy) is 5. The largest absolute Gasteiger partial charge is 0.497 e. The number of halogens is 1. The zero-order valence-corrected chi connectivity index (χ0v) is 69.2. The first-order chi connectivity index (χ1) is 58.4. The molecule has 0 saturated heterocycles. The number of sulfonamides is 3. The van der Waals surface area contributed by atoms with E-state index < -0.39 is 65.7 Å². The van der Waals surface area contributed by atoms with E-state index in [1.165, 1.54) is 137 Å². The number of hydrogen-bond donors (Lipinski definition) is 5. The van der Waals surface area contributed by atoms with Gasteiger partial charge in [0.2, 0.25) is 30.1 Å². The van der Waals surface area contributed by atoms with Crippen LogP contribution >= 0.6 is 0 Å². The summed E-state index contributed by atoms with van der Waals surface area (Å²) in [5, 5.41) is 45.2. The van der Waals surface area contributed by atoms with E-state index in [9.17, 15) is 58.4 Å². The van der Waals surface area contributed by atoms with Crippen LogP contribution in [0.2, 0.25) is 0 Å². The number of carboxylic acid groups (broad SMARTS) is 5. The van der Waals surface area contributed by atoms with Crippen molar-refractivity contribution in [3.05, 3.63) is 381 Å². The third kappa shape index (κ3) is 26.1. The molecule has 0 unspecified atom stereocenters. The van der Waals surface area contributed by atoms with Gasteiger partial charge in [-0.3, -0.25) is 9.59 Å². The number of carbonyl (C=O) groups is 6. The average Bonchev–Trinajstić information content (AvgIpc) is 0.794. The highest BCUT2D eigenvalue weighted by atomic mass is 32.2. The van der Waals surface area contributed by atoms with Crippen LogP contribution < -0.4 is 23.7 Å². The maximum absolute atomic E-state index is 14.2. The van der Waals surface area contributed by atoms with Crippen molar-refractivity contribution < 1.29 is 108 Å². The van der Waals surface area contributed by atoms with Crippen molar-refractivity contribution in [3.63, 3.8) is 0 Å². The fourth-order valence-electron chi connectivity index (χ4n) is 12.1. The number of carbonyl (C=O) groups excluding carboxylic acids is 1. The normalized spacial score (nSPS) is 11.1. The van der Waals surface area contributed by atoms with Gasteiger partial charge in [-0.05, 0) is 184 Å². The molecule has 0 aromatic heterocycles. The first-order valence-corrected chi connectivity index (χ1v) is 41.6. The van der Waals surface area contributed by atoms with Gasteiger partial charge in [0.05, 0.1) is 78.9 Å². The molecule has 5 N–H and O–H groups in total. The van der Waals surface area contributed by atoms with Gasteiger partial charge in [0, 0.05) is 69.6 Å². The topological polar surface area (TPSA) is 365 Å². The van der Waals surface area contributed by atoms with Gasteiger partial charge in [0.25, 0.3) is 5.91 Å². The Morgan fingerprint density at radius 2 is 0.541 bits per heavy atom. The summed E-state index contributed by atoms with van der Waals surface area (Å²) < 4.78 is 124. The Bertz CT molecular complexity index is 5870. The molecule has 12 rings (SSSR count). The van der Waals surface area contributed by atoms with Crippen LogP contribution in [0.15, 0.2) is 312 Å². The SMILES string of the molecule is COc1ccc(CN(Cc2cc(OC)c(F)cc2OC)S(=O)(=O)c2ccc(C(=O)O)cc2)cc1.COc1ccc(CN(Cc2ccccc2)C(=O)c2ccc(C(=O)O)cc2)cc1.COc1ccc(CN(Cc2ccccc2)S(=O)(=O)c2ccc(CC(=O)O)cc2)cc1.O=C(O)c1ccc(CN(Cc2ccccc2)S(=O)(=O)c2ccc(C(=O)O)cc2)cc1. The van der Waals surface area contributed by atoms with Gasteiger partial charge in [-0.15, -0.1) is 0 Å². The molecule has 0 aliphatic carbocycles. The van der Waals surface area contributed by atoms with Crippen molar-refractivity contribution in [3.8, 4) is 28.7 Å². The first-order valence-electron chi connectivity index (χ1n) is 37.3. The van der Waals surface area contributed by atoms with Crippen molar-refractivity contribution in [2.45, 2.75) is 73.5 Å². The molecular formula is C92H87FN4O22S3. The Morgan fingerprint density at radius 3 is 0.844 bits per heavy atom. The zero-order chi connectivity index (χ0) is 88.1. The Labute approximate surface area is 705 Å². The maximum atomic E-state index is 14.2. The summed E-state index contributed by atoms with van der Waals surface area (Å²) in [7, 11) is -4.45. The second kappa shape index (κ2) is 43.7. The molecule has 0 fully saturated rings. The van der Waals surface area contributed by atoms with E-state index in [-0.39, 0.29) is 100 Å². The van der Waals surface area contributed by atoms with Gasteiger partial charge in [0.15, 0.2) is 11.6 Å². The fourth-order valence-corrected chi connectivity index (χ4v) is 16.4. The smallest absolute Gasteiger partial charge is 0.335 e. The van der Waals surface area contributed by atoms with Crippen LogP contribution in [0.5, 0.6) is 28.7 Å². The molecule has 0 aliphatic rings. The molecule has 0 heterocycles. The van der Waals surface area contributed by atoms with Gasteiger partial charge in [-0.1, -0.05) is 152 Å². The molecule has 12 aromatic rings. The highest BCUT2D eigenvalue weighted by Crippen LogP contribution is 2.33. The van der Waals surface area contributed by atoms with Crippen molar-refractivity contribution in [1.29, 1.82) is 0 Å². The number of rotatable bonds is 34. The average molecular weight is 1720 g/mol. The monoisotopic (exact) mass is 1710 g/mol. The summed E-state index contributed by atoms with van der Waals surface area (Å²) in [5.74, 6) is -3.96. The highest BCUT2D eigenvalue weighted by molar-refractivity contribution is 7.89. The van der Waals surface area contributed by atoms with Gasteiger partial charge in [0.1, 0.15) is 23.0 Å². The Balaban J connectivity index is 0.000000185. The van der Waals surface area contributed by atoms with Crippen molar-refractivity contribution >= 4 is 65.8 Å². The van der Waals surface area contributed by atoms with E-state index in [1.54, 1.807) is 79.8 Å². The van der Waals surface area contributed by atoms with Gasteiger partial charge in [-0.25, -0.2) is 48.8 Å². The molecule has 0 radical (unpaired) electrons. The molecule has 0 atom stereocenters. The lowest BCUT2D eigenvalue weighted by atomic mass is 10.1. The first kappa shape index (κ1) is 92.0. The lowest BCUT2D eigenvalue weighted by molar-refractivity contribution is -0.136. The van der Waals surface area contributed by atoms with Crippen LogP contribution in [0.4, 0.5) is 4.39 Å². The molecule has 1 amide bonds. The summed E-state index contributed by atoms with van der Waals surface area (Å²) in [5.41, 5.74) is 7.40. The van der Waals surface area contributed by atoms with Crippen LogP contribution in [-0.4, -0.2) is 140 Å². The predicted molar refractivity (Wildman–Crippen MR) is 452 cm³/mol. The molecule has 0 spiro atoms. The number of hydrogen-bond acceptors (Lipinski definition) is 17. The Hall–Kier alpha value is -13.9. The molecule has 26 nitrogen and oxygen atoms in total. The Kier molecular flexibility index (Phi) is 33.0.